The van der Waals surface area contributed by atoms with Gasteiger partial charge in [0.1, 0.15) is 10.6 Å². The molecule has 4 rings (SSSR count). The number of hydrogen-bond acceptors (Lipinski definition) is 7. The number of ether oxygens (including phenoxy) is 1. The van der Waals surface area contributed by atoms with Crippen LogP contribution in [0.3, 0.4) is 0 Å². The number of nitrogens with one attached hydrogen (secondary N) is 2. The van der Waals surface area contributed by atoms with Gasteiger partial charge in [-0.1, -0.05) is 30.6 Å². The van der Waals surface area contributed by atoms with E-state index in [-0.39, 0.29) is 10.9 Å². The van der Waals surface area contributed by atoms with Gasteiger partial charge in [-0.2, -0.15) is 0 Å². The Bertz CT molecular complexity index is 1030. The van der Waals surface area contributed by atoms with Crippen molar-refractivity contribution in [3.8, 4) is 16.2 Å². The number of methoxy groups -OCH3 is 1. The molecule has 0 spiro atoms. The van der Waals surface area contributed by atoms with E-state index in [0.717, 1.165) is 40.5 Å². The number of hydrogen-bond donors (Lipinski definition) is 3. The van der Waals surface area contributed by atoms with E-state index in [9.17, 15) is 13.5 Å². The molecule has 0 amide bonds. The van der Waals surface area contributed by atoms with Gasteiger partial charge in [0, 0.05) is 12.1 Å². The molecular formula is C23H33N3O4S2. The lowest BCUT2D eigenvalue weighted by Gasteiger charge is -2.26. The highest BCUT2D eigenvalue weighted by atomic mass is 32.2. The fraction of sp³-hybridized carbons (Fsp3) is 0.609. The van der Waals surface area contributed by atoms with Crippen LogP contribution in [0.5, 0.6) is 5.75 Å². The molecule has 2 unspecified atom stereocenters. The molecule has 2 aromatic rings. The summed E-state index contributed by atoms with van der Waals surface area (Å²) in [5, 5.41) is 14.4. The van der Waals surface area contributed by atoms with Gasteiger partial charge in [0.15, 0.2) is 5.13 Å². The van der Waals surface area contributed by atoms with E-state index < -0.39 is 16.1 Å². The molecule has 2 aliphatic rings. The van der Waals surface area contributed by atoms with Crippen molar-refractivity contribution < 1.29 is 18.3 Å². The first-order valence-corrected chi connectivity index (χ1v) is 13.8. The smallest absolute Gasteiger partial charge is 0.244 e. The molecule has 1 aromatic carbocycles. The maximum atomic E-state index is 13.2. The van der Waals surface area contributed by atoms with Gasteiger partial charge < -0.3 is 15.2 Å². The summed E-state index contributed by atoms with van der Waals surface area (Å²) in [5.74, 6) is 0.306. The summed E-state index contributed by atoms with van der Waals surface area (Å²) in [6.07, 6.45) is 8.37. The topological polar surface area (TPSA) is 101 Å². The summed E-state index contributed by atoms with van der Waals surface area (Å²) >= 11 is 1.56. The van der Waals surface area contributed by atoms with E-state index in [1.165, 1.54) is 39.2 Å². The summed E-state index contributed by atoms with van der Waals surface area (Å²) in [6.45, 7) is 1.96. The summed E-state index contributed by atoms with van der Waals surface area (Å²) in [4.78, 5) is 5.77. The van der Waals surface area contributed by atoms with E-state index in [1.54, 1.807) is 23.5 Å². The number of aromatic nitrogens is 1. The minimum atomic E-state index is -3.80. The standard InChI is InChI=1S/C23H33N3O4S2/c1-15-22(31-23(24-15)25-17-7-4-3-5-8-17)16-11-12-20(30-2)21(13-16)32(28,29)26-18-9-6-10-19(27)14-18/h11-13,17-19,26-27H,3-10,14H2,1-2H3,(H,24,25). The van der Waals surface area contributed by atoms with Crippen LogP contribution in [0.4, 0.5) is 5.13 Å². The van der Waals surface area contributed by atoms with Crippen molar-refractivity contribution >= 4 is 26.5 Å². The molecule has 2 aliphatic carbocycles. The molecule has 9 heteroatoms. The van der Waals surface area contributed by atoms with Crippen LogP contribution in [0.25, 0.3) is 10.4 Å². The van der Waals surface area contributed by atoms with Gasteiger partial charge in [-0.3, -0.25) is 0 Å². The van der Waals surface area contributed by atoms with Gasteiger partial charge in [-0.15, -0.1) is 0 Å². The maximum absolute atomic E-state index is 13.2. The van der Waals surface area contributed by atoms with Gasteiger partial charge in [-0.05, 0) is 69.2 Å². The Morgan fingerprint density at radius 3 is 2.56 bits per heavy atom. The number of aryl methyl sites for hydroxylation is 1. The third-order valence-corrected chi connectivity index (χ3v) is 9.09. The van der Waals surface area contributed by atoms with Gasteiger partial charge in [0.25, 0.3) is 0 Å². The molecule has 2 atom stereocenters. The SMILES string of the molecule is COc1ccc(-c2sc(NC3CCCCC3)nc2C)cc1S(=O)(=O)NC1CCCC(O)C1. The molecule has 1 aromatic heterocycles. The van der Waals surface area contributed by atoms with Crippen molar-refractivity contribution in [2.45, 2.75) is 87.8 Å². The van der Waals surface area contributed by atoms with Crippen molar-refractivity contribution in [2.75, 3.05) is 12.4 Å². The molecule has 0 radical (unpaired) electrons. The van der Waals surface area contributed by atoms with Gasteiger partial charge in [0.2, 0.25) is 10.0 Å². The van der Waals surface area contributed by atoms with Crippen LogP contribution in [-0.4, -0.2) is 43.8 Å². The van der Waals surface area contributed by atoms with Crippen LogP contribution < -0.4 is 14.8 Å². The number of anilines is 1. The van der Waals surface area contributed by atoms with Gasteiger partial charge in [0.05, 0.1) is 23.8 Å². The van der Waals surface area contributed by atoms with E-state index in [4.69, 9.17) is 9.72 Å². The number of thiazole rings is 1. The van der Waals surface area contributed by atoms with Crippen LogP contribution >= 0.6 is 11.3 Å². The predicted molar refractivity (Wildman–Crippen MR) is 128 cm³/mol. The lowest BCUT2D eigenvalue weighted by molar-refractivity contribution is 0.117. The van der Waals surface area contributed by atoms with Crippen molar-refractivity contribution in [1.82, 2.24) is 9.71 Å². The average Bonchev–Trinajstić information content (AvgIpc) is 3.13. The van der Waals surface area contributed by atoms with E-state index >= 15 is 0 Å². The second kappa shape index (κ2) is 10.1. The van der Waals surface area contributed by atoms with Crippen LogP contribution in [0.15, 0.2) is 23.1 Å². The third-order valence-electron chi connectivity index (χ3n) is 6.41. The Morgan fingerprint density at radius 2 is 1.84 bits per heavy atom. The number of nitrogens with zero attached hydrogens (tertiary/aromatic N) is 1. The lowest BCUT2D eigenvalue weighted by atomic mass is 9.94. The van der Waals surface area contributed by atoms with E-state index in [1.807, 2.05) is 13.0 Å². The zero-order valence-corrected chi connectivity index (χ0v) is 20.4. The molecule has 0 bridgehead atoms. The predicted octanol–water partition coefficient (Wildman–Crippen LogP) is 4.45. The first-order valence-electron chi connectivity index (χ1n) is 11.5. The van der Waals surface area contributed by atoms with Crippen LogP contribution in [0.1, 0.15) is 63.5 Å². The monoisotopic (exact) mass is 479 g/mol. The normalized spacial score (nSPS) is 22.6. The maximum Gasteiger partial charge on any atom is 0.244 e. The molecule has 32 heavy (non-hydrogen) atoms. The highest BCUT2D eigenvalue weighted by molar-refractivity contribution is 7.89. The number of aliphatic hydroxyl groups excluding tert-OH is 1. The first-order chi connectivity index (χ1) is 15.4. The van der Waals surface area contributed by atoms with Gasteiger partial charge in [-0.25, -0.2) is 18.1 Å². The Hall–Kier alpha value is -1.68. The Balaban J connectivity index is 1.59. The Morgan fingerprint density at radius 1 is 1.09 bits per heavy atom. The highest BCUT2D eigenvalue weighted by Crippen LogP contribution is 2.37. The summed E-state index contributed by atoms with van der Waals surface area (Å²) in [6, 6.07) is 5.45. The van der Waals surface area contributed by atoms with Crippen molar-refractivity contribution in [1.29, 1.82) is 0 Å². The van der Waals surface area contributed by atoms with Crippen LogP contribution in [0, 0.1) is 6.92 Å². The number of sulfonamides is 1. The fourth-order valence-corrected chi connectivity index (χ4v) is 7.25. The number of benzene rings is 1. The van der Waals surface area contributed by atoms with E-state index in [2.05, 4.69) is 10.0 Å². The molecular weight excluding hydrogens is 446 g/mol. The van der Waals surface area contributed by atoms with Crippen molar-refractivity contribution in [3.05, 3.63) is 23.9 Å². The largest absolute Gasteiger partial charge is 0.495 e. The van der Waals surface area contributed by atoms with E-state index in [0.29, 0.717) is 18.2 Å². The number of rotatable bonds is 7. The highest BCUT2D eigenvalue weighted by Gasteiger charge is 2.28. The number of aliphatic hydroxyl groups is 1. The summed E-state index contributed by atoms with van der Waals surface area (Å²) < 4.78 is 34.6. The molecule has 3 N–H and O–H groups in total. The molecule has 1 heterocycles. The molecule has 0 aliphatic heterocycles. The minimum absolute atomic E-state index is 0.118. The lowest BCUT2D eigenvalue weighted by Crippen LogP contribution is -2.39. The summed E-state index contributed by atoms with van der Waals surface area (Å²) in [7, 11) is -2.33. The molecule has 176 valence electrons. The molecule has 7 nitrogen and oxygen atoms in total. The van der Waals surface area contributed by atoms with Gasteiger partial charge >= 0.3 is 0 Å². The van der Waals surface area contributed by atoms with Crippen LogP contribution in [-0.2, 0) is 10.0 Å². The molecule has 2 fully saturated rings. The molecule has 2 saturated carbocycles. The fourth-order valence-electron chi connectivity index (χ4n) is 4.73. The molecule has 0 saturated heterocycles. The zero-order valence-electron chi connectivity index (χ0n) is 18.8. The quantitative estimate of drug-likeness (QED) is 0.542. The third kappa shape index (κ3) is 5.44. The van der Waals surface area contributed by atoms with Crippen LogP contribution in [0.2, 0.25) is 0 Å². The van der Waals surface area contributed by atoms with Crippen molar-refractivity contribution in [2.24, 2.45) is 0 Å². The average molecular weight is 480 g/mol. The van der Waals surface area contributed by atoms with Crippen molar-refractivity contribution in [3.63, 3.8) is 0 Å². The summed E-state index contributed by atoms with van der Waals surface area (Å²) in [5.41, 5.74) is 1.69. The second-order valence-electron chi connectivity index (χ2n) is 8.92. The Kier molecular flexibility index (Phi) is 7.39. The zero-order chi connectivity index (χ0) is 22.7. The first kappa shape index (κ1) is 23.5. The Labute approximate surface area is 194 Å². The minimum Gasteiger partial charge on any atom is -0.495 e. The second-order valence-corrected chi connectivity index (χ2v) is 11.6.